The second-order valence-electron chi connectivity index (χ2n) is 4.72. The van der Waals surface area contributed by atoms with E-state index in [0.29, 0.717) is 11.1 Å². The smallest absolute Gasteiger partial charge is 0.209 e. The van der Waals surface area contributed by atoms with Crippen LogP contribution in [0, 0.1) is 19.7 Å². The second kappa shape index (κ2) is 5.47. The molecule has 0 N–H and O–H groups in total. The van der Waals surface area contributed by atoms with Crippen molar-refractivity contribution >= 4 is 0 Å². The minimum atomic E-state index is -2.52. The van der Waals surface area contributed by atoms with Crippen molar-refractivity contribution in [1.82, 2.24) is 0 Å². The Hall–Kier alpha value is -1.77. The lowest BCUT2D eigenvalue weighted by Gasteiger charge is -2.20. The van der Waals surface area contributed by atoms with Gasteiger partial charge in [-0.15, -0.1) is 0 Å². The standard InChI is InChI=1S/C16H15F3/c1-10-3-4-11(2)14(9-10)15(16(18)19)12-5-7-13(17)8-6-12/h3-9,15-16H,1-2H3. The van der Waals surface area contributed by atoms with Crippen molar-refractivity contribution in [2.75, 3.05) is 0 Å². The van der Waals surface area contributed by atoms with Gasteiger partial charge in [-0.1, -0.05) is 35.9 Å². The third-order valence-electron chi connectivity index (χ3n) is 3.25. The van der Waals surface area contributed by atoms with Gasteiger partial charge in [0, 0.05) is 0 Å². The van der Waals surface area contributed by atoms with Gasteiger partial charge in [0.15, 0.2) is 0 Å². The molecule has 2 rings (SSSR count). The molecule has 19 heavy (non-hydrogen) atoms. The SMILES string of the molecule is Cc1ccc(C)c(C(c2ccc(F)cc2)C(F)F)c1. The van der Waals surface area contributed by atoms with Crippen LogP contribution in [0.5, 0.6) is 0 Å². The van der Waals surface area contributed by atoms with E-state index in [1.54, 1.807) is 6.07 Å². The molecule has 2 aromatic rings. The van der Waals surface area contributed by atoms with Crippen LogP contribution >= 0.6 is 0 Å². The van der Waals surface area contributed by atoms with Gasteiger partial charge in [0.05, 0.1) is 5.92 Å². The normalized spacial score (nSPS) is 12.7. The van der Waals surface area contributed by atoms with Gasteiger partial charge in [0.25, 0.3) is 0 Å². The maximum atomic E-state index is 13.4. The number of rotatable bonds is 3. The van der Waals surface area contributed by atoms with Gasteiger partial charge in [-0.05, 0) is 42.7 Å². The van der Waals surface area contributed by atoms with Crippen molar-refractivity contribution < 1.29 is 13.2 Å². The molecule has 0 aromatic heterocycles. The highest BCUT2D eigenvalue weighted by molar-refractivity contribution is 5.40. The van der Waals surface area contributed by atoms with Crippen molar-refractivity contribution in [2.24, 2.45) is 0 Å². The zero-order chi connectivity index (χ0) is 14.0. The molecule has 1 atom stereocenters. The first-order valence-corrected chi connectivity index (χ1v) is 6.10. The summed E-state index contributed by atoms with van der Waals surface area (Å²) in [5.41, 5.74) is 2.79. The maximum absolute atomic E-state index is 13.4. The molecule has 0 aliphatic carbocycles. The van der Waals surface area contributed by atoms with Crippen LogP contribution in [-0.2, 0) is 0 Å². The highest BCUT2D eigenvalue weighted by Crippen LogP contribution is 2.33. The van der Waals surface area contributed by atoms with Crippen molar-refractivity contribution in [2.45, 2.75) is 26.2 Å². The number of benzene rings is 2. The fraction of sp³-hybridized carbons (Fsp3) is 0.250. The van der Waals surface area contributed by atoms with Crippen molar-refractivity contribution in [3.63, 3.8) is 0 Å². The third-order valence-corrected chi connectivity index (χ3v) is 3.25. The Morgan fingerprint density at radius 2 is 1.53 bits per heavy atom. The molecule has 0 aliphatic rings. The minimum absolute atomic E-state index is 0.419. The Kier molecular flexibility index (Phi) is 3.93. The largest absolute Gasteiger partial charge is 0.249 e. The van der Waals surface area contributed by atoms with Crippen LogP contribution in [0.25, 0.3) is 0 Å². The summed E-state index contributed by atoms with van der Waals surface area (Å²) < 4.78 is 39.7. The van der Waals surface area contributed by atoms with E-state index in [1.165, 1.54) is 24.3 Å². The summed E-state index contributed by atoms with van der Waals surface area (Å²) in [4.78, 5) is 0. The number of alkyl halides is 2. The molecule has 0 nitrogen and oxygen atoms in total. The lowest BCUT2D eigenvalue weighted by Crippen LogP contribution is -2.12. The molecule has 0 radical (unpaired) electrons. The van der Waals surface area contributed by atoms with Gasteiger partial charge in [-0.2, -0.15) is 0 Å². The van der Waals surface area contributed by atoms with Crippen LogP contribution in [0.1, 0.15) is 28.2 Å². The summed E-state index contributed by atoms with van der Waals surface area (Å²) in [5, 5.41) is 0. The number of hydrogen-bond acceptors (Lipinski definition) is 0. The summed E-state index contributed by atoms with van der Waals surface area (Å²) in [5.74, 6) is -1.43. The van der Waals surface area contributed by atoms with Gasteiger partial charge in [0.2, 0.25) is 6.43 Å². The molecule has 0 heterocycles. The molecule has 1 unspecified atom stereocenters. The van der Waals surface area contributed by atoms with E-state index in [0.717, 1.165) is 11.1 Å². The van der Waals surface area contributed by atoms with Gasteiger partial charge in [-0.25, -0.2) is 13.2 Å². The lowest BCUT2D eigenvalue weighted by atomic mass is 9.88. The molecular formula is C16H15F3. The van der Waals surface area contributed by atoms with E-state index in [1.807, 2.05) is 26.0 Å². The van der Waals surface area contributed by atoms with Crippen LogP contribution in [0.2, 0.25) is 0 Å². The third kappa shape index (κ3) is 2.98. The van der Waals surface area contributed by atoms with Crippen molar-refractivity contribution in [1.29, 1.82) is 0 Å². The minimum Gasteiger partial charge on any atom is -0.209 e. The van der Waals surface area contributed by atoms with Gasteiger partial charge < -0.3 is 0 Å². The van der Waals surface area contributed by atoms with E-state index < -0.39 is 18.2 Å². The predicted octanol–water partition coefficient (Wildman–Crippen LogP) is 4.84. The van der Waals surface area contributed by atoms with Gasteiger partial charge >= 0.3 is 0 Å². The van der Waals surface area contributed by atoms with Crippen LogP contribution in [0.3, 0.4) is 0 Å². The fourth-order valence-electron chi connectivity index (χ4n) is 2.23. The average molecular weight is 264 g/mol. The highest BCUT2D eigenvalue weighted by atomic mass is 19.3. The Labute approximate surface area is 110 Å². The first-order chi connectivity index (χ1) is 8.99. The maximum Gasteiger partial charge on any atom is 0.249 e. The Balaban J connectivity index is 2.51. The molecule has 3 heteroatoms. The molecule has 0 amide bonds. The van der Waals surface area contributed by atoms with E-state index in [2.05, 4.69) is 0 Å². The van der Waals surface area contributed by atoms with Crippen LogP contribution in [0.4, 0.5) is 13.2 Å². The predicted molar refractivity (Wildman–Crippen MR) is 70.2 cm³/mol. The first-order valence-electron chi connectivity index (χ1n) is 6.10. The van der Waals surface area contributed by atoms with E-state index in [9.17, 15) is 13.2 Å². The Morgan fingerprint density at radius 1 is 0.895 bits per heavy atom. The lowest BCUT2D eigenvalue weighted by molar-refractivity contribution is 0.128. The summed E-state index contributed by atoms with van der Waals surface area (Å²) in [6, 6.07) is 10.8. The molecule has 0 bridgehead atoms. The number of aryl methyl sites for hydroxylation is 2. The molecule has 0 fully saturated rings. The second-order valence-corrected chi connectivity index (χ2v) is 4.72. The molecular weight excluding hydrogens is 249 g/mol. The summed E-state index contributed by atoms with van der Waals surface area (Å²) in [6.07, 6.45) is -2.52. The molecule has 0 saturated carbocycles. The van der Waals surface area contributed by atoms with Crippen LogP contribution < -0.4 is 0 Å². The average Bonchev–Trinajstić information content (AvgIpc) is 2.36. The molecule has 2 aromatic carbocycles. The fourth-order valence-corrected chi connectivity index (χ4v) is 2.23. The first kappa shape index (κ1) is 13.7. The quantitative estimate of drug-likeness (QED) is 0.744. The van der Waals surface area contributed by atoms with Crippen LogP contribution in [0.15, 0.2) is 42.5 Å². The zero-order valence-electron chi connectivity index (χ0n) is 10.8. The Morgan fingerprint density at radius 3 is 2.11 bits per heavy atom. The van der Waals surface area contributed by atoms with E-state index in [-0.39, 0.29) is 0 Å². The Bertz CT molecular complexity index is 559. The van der Waals surface area contributed by atoms with Crippen LogP contribution in [-0.4, -0.2) is 6.43 Å². The van der Waals surface area contributed by atoms with Crippen molar-refractivity contribution in [3.05, 3.63) is 70.5 Å². The summed E-state index contributed by atoms with van der Waals surface area (Å²) in [7, 11) is 0. The number of halogens is 3. The molecule has 0 spiro atoms. The monoisotopic (exact) mass is 264 g/mol. The molecule has 0 saturated heterocycles. The summed E-state index contributed by atoms with van der Waals surface area (Å²) >= 11 is 0. The van der Waals surface area contributed by atoms with E-state index >= 15 is 0 Å². The highest BCUT2D eigenvalue weighted by Gasteiger charge is 2.25. The number of hydrogen-bond donors (Lipinski definition) is 0. The zero-order valence-corrected chi connectivity index (χ0v) is 10.8. The van der Waals surface area contributed by atoms with Gasteiger partial charge in [-0.3, -0.25) is 0 Å². The topological polar surface area (TPSA) is 0 Å². The molecule has 100 valence electrons. The van der Waals surface area contributed by atoms with E-state index in [4.69, 9.17) is 0 Å². The summed E-state index contributed by atoms with van der Waals surface area (Å²) in [6.45, 7) is 3.68. The van der Waals surface area contributed by atoms with Crippen molar-refractivity contribution in [3.8, 4) is 0 Å². The van der Waals surface area contributed by atoms with Gasteiger partial charge in [0.1, 0.15) is 5.82 Å². The molecule has 0 aliphatic heterocycles.